The van der Waals surface area contributed by atoms with Gasteiger partial charge in [-0.2, -0.15) is 5.10 Å². The van der Waals surface area contributed by atoms with Crippen LogP contribution in [0.2, 0.25) is 0 Å². The molecule has 88 valence electrons. The highest BCUT2D eigenvalue weighted by Crippen LogP contribution is 2.30. The molecule has 0 aliphatic heterocycles. The monoisotopic (exact) mass is 236 g/mol. The van der Waals surface area contributed by atoms with Gasteiger partial charge in [-0.3, -0.25) is 0 Å². The summed E-state index contributed by atoms with van der Waals surface area (Å²) >= 11 is 0. The third kappa shape index (κ3) is 1.70. The lowest BCUT2D eigenvalue weighted by Crippen LogP contribution is -1.91. The van der Waals surface area contributed by atoms with E-state index in [0.717, 1.165) is 27.8 Å². The number of aromatic nitrogens is 2. The molecule has 0 bridgehead atoms. The van der Waals surface area contributed by atoms with Crippen molar-refractivity contribution in [3.05, 3.63) is 54.7 Å². The minimum absolute atomic E-state index is 0.748. The normalized spacial score (nSPS) is 10.5. The fourth-order valence-corrected chi connectivity index (χ4v) is 2.07. The molecule has 0 radical (unpaired) electrons. The van der Waals surface area contributed by atoms with E-state index in [2.05, 4.69) is 22.3 Å². The fourth-order valence-electron chi connectivity index (χ4n) is 2.07. The van der Waals surface area contributed by atoms with Crippen molar-refractivity contribution >= 4 is 10.9 Å². The standard InChI is InChI=1S/C15H12N2O/c1-18-14-9-5-8-12-13(10-16-17-15(12)14)11-6-3-2-4-7-11/h2-10H,1H3. The van der Waals surface area contributed by atoms with Crippen LogP contribution in [0.5, 0.6) is 5.75 Å². The van der Waals surface area contributed by atoms with Crippen molar-refractivity contribution in [1.29, 1.82) is 0 Å². The summed E-state index contributed by atoms with van der Waals surface area (Å²) in [5.41, 5.74) is 2.99. The van der Waals surface area contributed by atoms with Gasteiger partial charge in [-0.1, -0.05) is 42.5 Å². The van der Waals surface area contributed by atoms with E-state index in [9.17, 15) is 0 Å². The van der Waals surface area contributed by atoms with E-state index in [-0.39, 0.29) is 0 Å². The Kier molecular flexibility index (Phi) is 2.65. The minimum atomic E-state index is 0.748. The van der Waals surface area contributed by atoms with Crippen LogP contribution < -0.4 is 4.74 Å². The minimum Gasteiger partial charge on any atom is -0.494 e. The molecule has 0 aliphatic carbocycles. The average Bonchev–Trinajstić information content (AvgIpc) is 2.47. The highest BCUT2D eigenvalue weighted by atomic mass is 16.5. The van der Waals surface area contributed by atoms with Crippen LogP contribution in [0, 0.1) is 0 Å². The summed E-state index contributed by atoms with van der Waals surface area (Å²) in [6.07, 6.45) is 1.79. The zero-order valence-corrected chi connectivity index (χ0v) is 10.00. The fraction of sp³-hybridized carbons (Fsp3) is 0.0667. The molecule has 3 aromatic rings. The lowest BCUT2D eigenvalue weighted by Gasteiger charge is -2.07. The van der Waals surface area contributed by atoms with Crippen molar-refractivity contribution in [2.75, 3.05) is 7.11 Å². The van der Waals surface area contributed by atoms with Gasteiger partial charge in [0.2, 0.25) is 0 Å². The molecule has 1 heterocycles. The predicted octanol–water partition coefficient (Wildman–Crippen LogP) is 3.31. The number of benzene rings is 2. The number of rotatable bonds is 2. The van der Waals surface area contributed by atoms with Gasteiger partial charge in [0.25, 0.3) is 0 Å². The Morgan fingerprint density at radius 1 is 0.944 bits per heavy atom. The smallest absolute Gasteiger partial charge is 0.147 e. The van der Waals surface area contributed by atoms with Crippen LogP contribution in [0.4, 0.5) is 0 Å². The maximum atomic E-state index is 5.32. The van der Waals surface area contributed by atoms with Crippen molar-refractivity contribution in [2.24, 2.45) is 0 Å². The maximum absolute atomic E-state index is 5.32. The SMILES string of the molecule is COc1cccc2c(-c3ccccc3)cnnc12. The molecule has 0 aliphatic rings. The lowest BCUT2D eigenvalue weighted by atomic mass is 10.0. The lowest BCUT2D eigenvalue weighted by molar-refractivity contribution is 0.418. The quantitative estimate of drug-likeness (QED) is 0.684. The molecule has 18 heavy (non-hydrogen) atoms. The van der Waals surface area contributed by atoms with E-state index >= 15 is 0 Å². The van der Waals surface area contributed by atoms with Gasteiger partial charge in [-0.05, 0) is 11.6 Å². The van der Waals surface area contributed by atoms with Gasteiger partial charge in [0.05, 0.1) is 13.3 Å². The first-order valence-corrected chi connectivity index (χ1v) is 5.74. The number of hydrogen-bond acceptors (Lipinski definition) is 3. The molecule has 0 unspecified atom stereocenters. The molecule has 0 saturated heterocycles. The highest BCUT2D eigenvalue weighted by Gasteiger charge is 2.08. The van der Waals surface area contributed by atoms with Crippen molar-refractivity contribution in [2.45, 2.75) is 0 Å². The Morgan fingerprint density at radius 2 is 1.78 bits per heavy atom. The van der Waals surface area contributed by atoms with Crippen LogP contribution in [-0.4, -0.2) is 17.3 Å². The van der Waals surface area contributed by atoms with Crippen molar-refractivity contribution in [3.63, 3.8) is 0 Å². The van der Waals surface area contributed by atoms with Crippen molar-refractivity contribution < 1.29 is 4.74 Å². The number of fused-ring (bicyclic) bond motifs is 1. The van der Waals surface area contributed by atoms with E-state index in [1.807, 2.05) is 36.4 Å². The topological polar surface area (TPSA) is 35.0 Å². The van der Waals surface area contributed by atoms with Gasteiger partial charge in [0.15, 0.2) is 0 Å². The Balaban J connectivity index is 2.32. The maximum Gasteiger partial charge on any atom is 0.147 e. The Hall–Kier alpha value is -2.42. The first kappa shape index (κ1) is 10.7. The Labute approximate surface area is 105 Å². The van der Waals surface area contributed by atoms with Crippen LogP contribution in [0.1, 0.15) is 0 Å². The summed E-state index contributed by atoms with van der Waals surface area (Å²) in [4.78, 5) is 0. The summed E-state index contributed by atoms with van der Waals surface area (Å²) in [5, 5.41) is 9.28. The van der Waals surface area contributed by atoms with Crippen molar-refractivity contribution in [3.8, 4) is 16.9 Å². The van der Waals surface area contributed by atoms with Crippen molar-refractivity contribution in [1.82, 2.24) is 10.2 Å². The molecule has 2 aromatic carbocycles. The van der Waals surface area contributed by atoms with Gasteiger partial charge < -0.3 is 4.74 Å². The molecule has 0 spiro atoms. The van der Waals surface area contributed by atoms with Crippen LogP contribution in [0.3, 0.4) is 0 Å². The molecule has 0 N–H and O–H groups in total. The second kappa shape index (κ2) is 4.45. The molecular formula is C15H12N2O. The Morgan fingerprint density at radius 3 is 2.56 bits per heavy atom. The summed E-state index contributed by atoms with van der Waals surface area (Å²) in [5.74, 6) is 0.748. The molecule has 3 heteroatoms. The zero-order valence-electron chi connectivity index (χ0n) is 10.00. The van der Waals surface area contributed by atoms with Crippen LogP contribution >= 0.6 is 0 Å². The van der Waals surface area contributed by atoms with Gasteiger partial charge in [-0.15, -0.1) is 5.10 Å². The molecule has 3 rings (SSSR count). The second-order valence-electron chi connectivity index (χ2n) is 3.98. The predicted molar refractivity (Wildman–Crippen MR) is 71.5 cm³/mol. The number of ether oxygens (including phenoxy) is 1. The zero-order chi connectivity index (χ0) is 12.4. The molecule has 0 saturated carbocycles. The van der Waals surface area contributed by atoms with Gasteiger partial charge >= 0.3 is 0 Å². The van der Waals surface area contributed by atoms with E-state index in [1.165, 1.54) is 0 Å². The molecule has 0 fully saturated rings. The molecule has 0 amide bonds. The van der Waals surface area contributed by atoms with Crippen LogP contribution in [0.25, 0.3) is 22.0 Å². The van der Waals surface area contributed by atoms with Crippen LogP contribution in [0.15, 0.2) is 54.7 Å². The molecule has 3 nitrogen and oxygen atoms in total. The summed E-state index contributed by atoms with van der Waals surface area (Å²) in [7, 11) is 1.64. The first-order valence-electron chi connectivity index (χ1n) is 5.74. The number of methoxy groups -OCH3 is 1. The molecule has 1 aromatic heterocycles. The largest absolute Gasteiger partial charge is 0.494 e. The van der Waals surface area contributed by atoms with E-state index < -0.39 is 0 Å². The van der Waals surface area contributed by atoms with E-state index in [1.54, 1.807) is 13.3 Å². The first-order chi connectivity index (χ1) is 8.90. The van der Waals surface area contributed by atoms with E-state index in [0.29, 0.717) is 0 Å². The van der Waals surface area contributed by atoms with Gasteiger partial charge in [0.1, 0.15) is 11.3 Å². The summed E-state index contributed by atoms with van der Waals surface area (Å²) in [6.45, 7) is 0. The van der Waals surface area contributed by atoms with Crippen LogP contribution in [-0.2, 0) is 0 Å². The van der Waals surface area contributed by atoms with Gasteiger partial charge in [0, 0.05) is 10.9 Å². The molecule has 0 atom stereocenters. The third-order valence-corrected chi connectivity index (χ3v) is 2.94. The summed E-state index contributed by atoms with van der Waals surface area (Å²) < 4.78 is 5.32. The number of nitrogens with zero attached hydrogens (tertiary/aromatic N) is 2. The molecular weight excluding hydrogens is 224 g/mol. The average molecular weight is 236 g/mol. The van der Waals surface area contributed by atoms with E-state index in [4.69, 9.17) is 4.74 Å². The highest BCUT2D eigenvalue weighted by molar-refractivity contribution is 5.96. The third-order valence-electron chi connectivity index (χ3n) is 2.94. The Bertz CT molecular complexity index is 680. The number of hydrogen-bond donors (Lipinski definition) is 0. The van der Waals surface area contributed by atoms with Gasteiger partial charge in [-0.25, -0.2) is 0 Å². The summed E-state index contributed by atoms with van der Waals surface area (Å²) in [6, 6.07) is 16.1. The second-order valence-corrected chi connectivity index (χ2v) is 3.98.